The van der Waals surface area contributed by atoms with Crippen molar-refractivity contribution in [2.75, 3.05) is 0 Å². The standard InChI is InChI=1S/C31H28FN5OS/c1-21-29(30(38)37(35(21)2)23-14-4-3-5-15-23)33-31-36(28(20-39-31)25-17-9-10-18-26(25)32)34-27-19-11-7-13-22-12-6-8-16-24(22)27/h3-6,8-10,12,14-18,20H,7,11,13,19H2,1-2H3. The fraction of sp³-hybridized carbons (Fsp3) is 0.194. The van der Waals surface area contributed by atoms with Crippen LogP contribution in [0, 0.1) is 12.7 Å². The zero-order valence-electron chi connectivity index (χ0n) is 21.8. The third-order valence-electron chi connectivity index (χ3n) is 7.23. The molecule has 0 saturated heterocycles. The summed E-state index contributed by atoms with van der Waals surface area (Å²) in [6.45, 7) is 1.88. The third kappa shape index (κ3) is 4.61. The average Bonchev–Trinajstić information content (AvgIpc) is 3.34. The van der Waals surface area contributed by atoms with Gasteiger partial charge in [0, 0.05) is 23.6 Å². The summed E-state index contributed by atoms with van der Waals surface area (Å²) in [4.78, 5) is 19.0. The maximum absolute atomic E-state index is 15.0. The summed E-state index contributed by atoms with van der Waals surface area (Å²) in [5.74, 6) is -0.334. The van der Waals surface area contributed by atoms with Gasteiger partial charge in [-0.3, -0.25) is 9.48 Å². The number of halogens is 1. The molecule has 0 radical (unpaired) electrons. The summed E-state index contributed by atoms with van der Waals surface area (Å²) in [6.07, 6.45) is 3.91. The lowest BCUT2D eigenvalue weighted by atomic mass is 10.0. The van der Waals surface area contributed by atoms with E-state index in [9.17, 15) is 4.79 Å². The van der Waals surface area contributed by atoms with E-state index in [4.69, 9.17) is 10.1 Å². The van der Waals surface area contributed by atoms with Gasteiger partial charge in [0.2, 0.25) is 4.80 Å². The molecule has 3 aromatic carbocycles. The number of benzene rings is 3. The van der Waals surface area contributed by atoms with Crippen LogP contribution < -0.4 is 10.4 Å². The van der Waals surface area contributed by atoms with Crippen molar-refractivity contribution in [3.8, 4) is 16.9 Å². The molecule has 8 heteroatoms. The molecule has 39 heavy (non-hydrogen) atoms. The predicted molar refractivity (Wildman–Crippen MR) is 155 cm³/mol. The molecule has 1 aliphatic carbocycles. The highest BCUT2D eigenvalue weighted by atomic mass is 32.1. The first kappa shape index (κ1) is 25.0. The van der Waals surface area contributed by atoms with E-state index in [0.717, 1.165) is 48.3 Å². The maximum Gasteiger partial charge on any atom is 0.297 e. The molecule has 0 fully saturated rings. The summed E-state index contributed by atoms with van der Waals surface area (Å²) in [6, 6.07) is 24.5. The van der Waals surface area contributed by atoms with Gasteiger partial charge >= 0.3 is 0 Å². The second-order valence-electron chi connectivity index (χ2n) is 9.63. The van der Waals surface area contributed by atoms with Gasteiger partial charge in [-0.1, -0.05) is 54.6 Å². The van der Waals surface area contributed by atoms with Gasteiger partial charge in [0.05, 0.1) is 22.8 Å². The van der Waals surface area contributed by atoms with Crippen LogP contribution in [0.1, 0.15) is 36.1 Å². The predicted octanol–water partition coefficient (Wildman–Crippen LogP) is 6.36. The highest BCUT2D eigenvalue weighted by Gasteiger charge is 2.19. The SMILES string of the molecule is Cc1c(N=c2scc(-c3ccccc3F)n2N=C2CCCCc3ccccc32)c(=O)n(-c2ccccc2)n1C. The largest absolute Gasteiger partial charge is 0.297 e. The first-order chi connectivity index (χ1) is 19.0. The summed E-state index contributed by atoms with van der Waals surface area (Å²) in [5, 5.41) is 6.97. The Labute approximate surface area is 229 Å². The van der Waals surface area contributed by atoms with E-state index in [1.165, 1.54) is 23.0 Å². The Morgan fingerprint density at radius 2 is 1.56 bits per heavy atom. The van der Waals surface area contributed by atoms with Crippen LogP contribution >= 0.6 is 11.3 Å². The number of hydrogen-bond acceptors (Lipinski definition) is 4. The van der Waals surface area contributed by atoms with Crippen molar-refractivity contribution >= 4 is 22.7 Å². The molecule has 2 aromatic heterocycles. The number of para-hydroxylation sites is 1. The molecule has 0 unspecified atom stereocenters. The van der Waals surface area contributed by atoms with E-state index in [-0.39, 0.29) is 11.4 Å². The molecular formula is C31H28FN5OS. The van der Waals surface area contributed by atoms with E-state index < -0.39 is 0 Å². The number of aromatic nitrogens is 3. The van der Waals surface area contributed by atoms with Gasteiger partial charge in [0.25, 0.3) is 5.56 Å². The highest BCUT2D eigenvalue weighted by Crippen LogP contribution is 2.26. The van der Waals surface area contributed by atoms with Crippen molar-refractivity contribution in [3.05, 3.63) is 122 Å². The van der Waals surface area contributed by atoms with Crippen molar-refractivity contribution in [3.63, 3.8) is 0 Å². The van der Waals surface area contributed by atoms with Crippen LogP contribution in [0.3, 0.4) is 0 Å². The van der Waals surface area contributed by atoms with Crippen LogP contribution in [0.15, 0.2) is 99.1 Å². The summed E-state index contributed by atoms with van der Waals surface area (Å²) in [5.41, 5.74) is 5.95. The highest BCUT2D eigenvalue weighted by molar-refractivity contribution is 7.07. The second kappa shape index (κ2) is 10.5. The van der Waals surface area contributed by atoms with E-state index in [1.807, 2.05) is 61.8 Å². The normalized spacial score (nSPS) is 14.9. The Balaban J connectivity index is 1.60. The molecule has 0 spiro atoms. The minimum absolute atomic E-state index is 0.221. The monoisotopic (exact) mass is 537 g/mol. The summed E-state index contributed by atoms with van der Waals surface area (Å²) < 4.78 is 20.1. The van der Waals surface area contributed by atoms with E-state index >= 15 is 4.39 Å². The number of nitrogens with zero attached hydrogens (tertiary/aromatic N) is 5. The van der Waals surface area contributed by atoms with E-state index in [0.29, 0.717) is 21.7 Å². The molecule has 0 aliphatic heterocycles. The van der Waals surface area contributed by atoms with Gasteiger partial charge in [-0.05, 0) is 62.4 Å². The van der Waals surface area contributed by atoms with Crippen LogP contribution in [-0.4, -0.2) is 19.8 Å². The fourth-order valence-corrected chi connectivity index (χ4v) is 5.92. The van der Waals surface area contributed by atoms with Crippen molar-refractivity contribution in [2.45, 2.75) is 32.6 Å². The van der Waals surface area contributed by atoms with Crippen LogP contribution in [0.5, 0.6) is 0 Å². The Hall–Kier alpha value is -4.30. The number of hydrogen-bond donors (Lipinski definition) is 0. The Kier molecular flexibility index (Phi) is 6.70. The number of fused-ring (bicyclic) bond motifs is 1. The van der Waals surface area contributed by atoms with E-state index in [1.54, 1.807) is 26.2 Å². The molecule has 0 atom stereocenters. The fourth-order valence-electron chi connectivity index (χ4n) is 5.09. The molecule has 1 aliphatic rings. The van der Waals surface area contributed by atoms with Crippen LogP contribution in [0.2, 0.25) is 0 Å². The van der Waals surface area contributed by atoms with Crippen molar-refractivity contribution < 1.29 is 4.39 Å². The van der Waals surface area contributed by atoms with Gasteiger partial charge in [-0.25, -0.2) is 18.7 Å². The average molecular weight is 538 g/mol. The first-order valence-electron chi connectivity index (χ1n) is 13.0. The van der Waals surface area contributed by atoms with Gasteiger partial charge in [0.1, 0.15) is 5.82 Å². The third-order valence-corrected chi connectivity index (χ3v) is 8.04. The smallest absolute Gasteiger partial charge is 0.283 e. The zero-order chi connectivity index (χ0) is 26.9. The van der Waals surface area contributed by atoms with Crippen LogP contribution in [0.4, 0.5) is 10.1 Å². The minimum atomic E-state index is -0.334. The second-order valence-corrected chi connectivity index (χ2v) is 10.5. The molecule has 0 N–H and O–H groups in total. The molecule has 5 aromatic rings. The number of rotatable bonds is 4. The van der Waals surface area contributed by atoms with Gasteiger partial charge in [0.15, 0.2) is 5.69 Å². The van der Waals surface area contributed by atoms with Crippen LogP contribution in [-0.2, 0) is 13.5 Å². The first-order valence-corrected chi connectivity index (χ1v) is 13.9. The molecule has 196 valence electrons. The Morgan fingerprint density at radius 3 is 2.36 bits per heavy atom. The number of aryl methyl sites for hydroxylation is 1. The molecule has 2 heterocycles. The van der Waals surface area contributed by atoms with Crippen molar-refractivity contribution in [1.29, 1.82) is 0 Å². The van der Waals surface area contributed by atoms with Crippen molar-refractivity contribution in [1.82, 2.24) is 14.0 Å². The van der Waals surface area contributed by atoms with Gasteiger partial charge < -0.3 is 0 Å². The molecular weight excluding hydrogens is 509 g/mol. The molecule has 6 rings (SSSR count). The zero-order valence-corrected chi connectivity index (χ0v) is 22.7. The molecule has 6 nitrogen and oxygen atoms in total. The lowest BCUT2D eigenvalue weighted by Crippen LogP contribution is -2.20. The summed E-state index contributed by atoms with van der Waals surface area (Å²) >= 11 is 1.34. The van der Waals surface area contributed by atoms with Gasteiger partial charge in [-0.15, -0.1) is 11.3 Å². The number of thiazole rings is 1. The Bertz CT molecular complexity index is 1820. The Morgan fingerprint density at radius 1 is 0.872 bits per heavy atom. The molecule has 0 amide bonds. The quantitative estimate of drug-likeness (QED) is 0.246. The molecule has 0 saturated carbocycles. The maximum atomic E-state index is 15.0. The molecule has 0 bridgehead atoms. The van der Waals surface area contributed by atoms with Crippen molar-refractivity contribution in [2.24, 2.45) is 17.1 Å². The van der Waals surface area contributed by atoms with Crippen LogP contribution in [0.25, 0.3) is 16.9 Å². The lowest BCUT2D eigenvalue weighted by molar-refractivity contribution is 0.629. The topological polar surface area (TPSA) is 56.6 Å². The van der Waals surface area contributed by atoms with Gasteiger partial charge in [-0.2, -0.15) is 5.10 Å². The lowest BCUT2D eigenvalue weighted by Gasteiger charge is -2.10. The minimum Gasteiger partial charge on any atom is -0.283 e. The summed E-state index contributed by atoms with van der Waals surface area (Å²) in [7, 11) is 1.85. The van der Waals surface area contributed by atoms with E-state index in [2.05, 4.69) is 18.2 Å².